The molecule has 5 rings (SSSR count). The number of ether oxygens (including phenoxy) is 2. The van der Waals surface area contributed by atoms with E-state index in [1.807, 2.05) is 123 Å². The lowest BCUT2D eigenvalue weighted by molar-refractivity contribution is -0.123. The second kappa shape index (κ2) is 13.0. The summed E-state index contributed by atoms with van der Waals surface area (Å²) < 4.78 is 13.0. The van der Waals surface area contributed by atoms with Crippen molar-refractivity contribution in [1.82, 2.24) is 4.90 Å². The molecule has 40 heavy (non-hydrogen) atoms. The van der Waals surface area contributed by atoms with Gasteiger partial charge in [0.1, 0.15) is 6.61 Å². The number of carbonyl (C=O) groups excluding carboxylic acids is 1. The van der Waals surface area contributed by atoms with E-state index >= 15 is 0 Å². The second-order valence-corrected chi connectivity index (χ2v) is 11.1. The second-order valence-electron chi connectivity index (χ2n) is 9.16. The first-order chi connectivity index (χ1) is 19.5. The molecule has 1 aliphatic heterocycles. The highest BCUT2D eigenvalue weighted by molar-refractivity contribution is 9.10. The number of aliphatic imine (C=N–C) groups is 1. The number of rotatable bonds is 9. The number of carbonyl (C=O) groups is 1. The summed E-state index contributed by atoms with van der Waals surface area (Å²) in [6.07, 6.45) is 1.90. The van der Waals surface area contributed by atoms with Gasteiger partial charge < -0.3 is 9.47 Å². The summed E-state index contributed by atoms with van der Waals surface area (Å²) in [5.41, 5.74) is 3.76. The van der Waals surface area contributed by atoms with Crippen LogP contribution in [0.3, 0.4) is 0 Å². The fourth-order valence-corrected chi connectivity index (χ4v) is 5.63. The molecule has 202 valence electrons. The predicted octanol–water partition coefficient (Wildman–Crippen LogP) is 8.79. The van der Waals surface area contributed by atoms with Crippen molar-refractivity contribution in [2.24, 2.45) is 4.99 Å². The Bertz CT molecular complexity index is 1520. The van der Waals surface area contributed by atoms with E-state index in [2.05, 4.69) is 15.9 Å². The van der Waals surface area contributed by atoms with Gasteiger partial charge in [0.05, 0.1) is 23.2 Å². The van der Waals surface area contributed by atoms with E-state index < -0.39 is 0 Å². The predicted molar refractivity (Wildman–Crippen MR) is 167 cm³/mol. The number of nitrogens with zero attached hydrogens (tertiary/aromatic N) is 2. The molecule has 1 amide bonds. The summed E-state index contributed by atoms with van der Waals surface area (Å²) in [5, 5.41) is 0.651. The Balaban J connectivity index is 1.43. The first kappa shape index (κ1) is 27.7. The number of amides is 1. The number of para-hydroxylation sites is 1. The van der Waals surface area contributed by atoms with E-state index in [0.717, 1.165) is 26.9 Å². The van der Waals surface area contributed by atoms with Gasteiger partial charge in [-0.2, -0.15) is 0 Å². The third kappa shape index (κ3) is 6.66. The topological polar surface area (TPSA) is 51.1 Å². The summed E-state index contributed by atoms with van der Waals surface area (Å²) in [6, 6.07) is 33.3. The lowest BCUT2D eigenvalue weighted by Crippen LogP contribution is -2.32. The highest BCUT2D eigenvalue weighted by Gasteiger charge is 2.37. The largest absolute Gasteiger partial charge is 0.490 e. The van der Waals surface area contributed by atoms with Crippen LogP contribution in [0.1, 0.15) is 36.6 Å². The van der Waals surface area contributed by atoms with E-state index in [9.17, 15) is 4.79 Å². The molecule has 0 N–H and O–H groups in total. The maximum absolute atomic E-state index is 13.8. The standard InChI is InChI=1S/C33H29BrN2O3S/c1-3-38-30-20-25(16-19-29(30)39-22-24-14-17-27(34)18-15-24)21-31-32(37)36(23(2)26-10-6-4-7-11-26)33(40-31)35-28-12-8-5-9-13-28/h4-21,23H,3,22H2,1-2H3/b31-21+,35-33?/t23-/m0/s1. The van der Waals surface area contributed by atoms with Crippen molar-refractivity contribution in [3.8, 4) is 11.5 Å². The van der Waals surface area contributed by atoms with Gasteiger partial charge in [-0.1, -0.05) is 82.7 Å². The normalized spacial score (nSPS) is 16.0. The average molecular weight is 614 g/mol. The molecule has 1 atom stereocenters. The van der Waals surface area contributed by atoms with Crippen LogP contribution in [-0.4, -0.2) is 22.6 Å². The first-order valence-corrected chi connectivity index (χ1v) is 14.7. The molecule has 4 aromatic carbocycles. The molecule has 0 aliphatic carbocycles. The van der Waals surface area contributed by atoms with Crippen LogP contribution in [0.25, 0.3) is 6.08 Å². The molecule has 1 fully saturated rings. The lowest BCUT2D eigenvalue weighted by Gasteiger charge is -2.24. The summed E-state index contributed by atoms with van der Waals surface area (Å²) >= 11 is 4.85. The van der Waals surface area contributed by atoms with Gasteiger partial charge in [0.25, 0.3) is 5.91 Å². The minimum atomic E-state index is -0.178. The van der Waals surface area contributed by atoms with Gasteiger partial charge in [0.15, 0.2) is 16.7 Å². The summed E-state index contributed by atoms with van der Waals surface area (Å²) in [6.45, 7) is 4.89. The van der Waals surface area contributed by atoms with Crippen LogP contribution in [0.2, 0.25) is 0 Å². The summed E-state index contributed by atoms with van der Waals surface area (Å²) in [5.74, 6) is 1.21. The van der Waals surface area contributed by atoms with Crippen molar-refractivity contribution in [1.29, 1.82) is 0 Å². The summed E-state index contributed by atoms with van der Waals surface area (Å²) in [7, 11) is 0. The molecule has 5 nitrogen and oxygen atoms in total. The van der Waals surface area contributed by atoms with Crippen LogP contribution in [0.4, 0.5) is 5.69 Å². The van der Waals surface area contributed by atoms with Gasteiger partial charge in [-0.15, -0.1) is 0 Å². The number of amidine groups is 1. The minimum Gasteiger partial charge on any atom is -0.490 e. The van der Waals surface area contributed by atoms with Crippen molar-refractivity contribution in [2.75, 3.05) is 6.61 Å². The van der Waals surface area contributed by atoms with Crippen molar-refractivity contribution in [2.45, 2.75) is 26.5 Å². The lowest BCUT2D eigenvalue weighted by atomic mass is 10.1. The van der Waals surface area contributed by atoms with Crippen molar-refractivity contribution < 1.29 is 14.3 Å². The zero-order valence-corrected chi connectivity index (χ0v) is 24.7. The maximum Gasteiger partial charge on any atom is 0.267 e. The fraction of sp³-hybridized carbons (Fsp3) is 0.152. The van der Waals surface area contributed by atoms with Crippen molar-refractivity contribution in [3.63, 3.8) is 0 Å². The zero-order valence-electron chi connectivity index (χ0n) is 22.3. The number of benzene rings is 4. The Morgan fingerprint density at radius 2 is 1.60 bits per heavy atom. The Morgan fingerprint density at radius 3 is 2.30 bits per heavy atom. The van der Waals surface area contributed by atoms with Crippen LogP contribution >= 0.6 is 27.7 Å². The number of thioether (sulfide) groups is 1. The van der Waals surface area contributed by atoms with Gasteiger partial charge >= 0.3 is 0 Å². The minimum absolute atomic E-state index is 0.0791. The molecular formula is C33H29BrN2O3S. The molecule has 1 saturated heterocycles. The third-order valence-electron chi connectivity index (χ3n) is 6.36. The molecule has 0 spiro atoms. The monoisotopic (exact) mass is 612 g/mol. The molecule has 4 aromatic rings. The molecule has 0 bridgehead atoms. The Morgan fingerprint density at radius 1 is 0.900 bits per heavy atom. The van der Waals surface area contributed by atoms with Crippen LogP contribution in [-0.2, 0) is 11.4 Å². The average Bonchev–Trinajstić information content (AvgIpc) is 3.28. The third-order valence-corrected chi connectivity index (χ3v) is 7.87. The molecule has 1 aliphatic rings. The van der Waals surface area contributed by atoms with Crippen LogP contribution in [0.15, 0.2) is 117 Å². The highest BCUT2D eigenvalue weighted by atomic mass is 79.9. The van der Waals surface area contributed by atoms with Crippen molar-refractivity contribution in [3.05, 3.63) is 129 Å². The van der Waals surface area contributed by atoms with Gasteiger partial charge in [-0.25, -0.2) is 4.99 Å². The molecule has 0 unspecified atom stereocenters. The number of halogens is 1. The van der Waals surface area contributed by atoms with E-state index in [0.29, 0.717) is 34.8 Å². The quantitative estimate of drug-likeness (QED) is 0.177. The Hall–Kier alpha value is -3.81. The zero-order chi connectivity index (χ0) is 27.9. The van der Waals surface area contributed by atoms with Gasteiger partial charge in [-0.3, -0.25) is 9.69 Å². The van der Waals surface area contributed by atoms with E-state index in [4.69, 9.17) is 14.5 Å². The van der Waals surface area contributed by atoms with Crippen LogP contribution in [0, 0.1) is 0 Å². The summed E-state index contributed by atoms with van der Waals surface area (Å²) in [4.78, 5) is 21.0. The highest BCUT2D eigenvalue weighted by Crippen LogP contribution is 2.40. The Labute approximate surface area is 247 Å². The number of hydrogen-bond donors (Lipinski definition) is 0. The van der Waals surface area contributed by atoms with Gasteiger partial charge in [-0.05, 0) is 84.8 Å². The van der Waals surface area contributed by atoms with E-state index in [-0.39, 0.29) is 11.9 Å². The molecule has 0 radical (unpaired) electrons. The first-order valence-electron chi connectivity index (χ1n) is 13.1. The molecule has 1 heterocycles. The fourth-order valence-electron chi connectivity index (χ4n) is 4.29. The van der Waals surface area contributed by atoms with Crippen LogP contribution < -0.4 is 9.47 Å². The van der Waals surface area contributed by atoms with Gasteiger partial charge in [0.2, 0.25) is 0 Å². The van der Waals surface area contributed by atoms with E-state index in [1.165, 1.54) is 11.8 Å². The van der Waals surface area contributed by atoms with Gasteiger partial charge in [0, 0.05) is 4.47 Å². The number of hydrogen-bond acceptors (Lipinski definition) is 5. The van der Waals surface area contributed by atoms with E-state index in [1.54, 1.807) is 4.90 Å². The Kier molecular flexibility index (Phi) is 9.04. The maximum atomic E-state index is 13.8. The molecule has 0 aromatic heterocycles. The SMILES string of the molecule is CCOc1cc(/C=C2/SC(=Nc3ccccc3)N([C@@H](C)c3ccccc3)C2=O)ccc1OCc1ccc(Br)cc1. The van der Waals surface area contributed by atoms with Crippen LogP contribution in [0.5, 0.6) is 11.5 Å². The molecular weight excluding hydrogens is 584 g/mol. The smallest absolute Gasteiger partial charge is 0.267 e. The van der Waals surface area contributed by atoms with Crippen molar-refractivity contribution >= 4 is 50.5 Å². The molecule has 7 heteroatoms. The molecule has 0 saturated carbocycles.